The summed E-state index contributed by atoms with van der Waals surface area (Å²) in [5, 5.41) is 4.24. The Bertz CT molecular complexity index is 262. The van der Waals surface area contributed by atoms with E-state index in [4.69, 9.17) is 5.73 Å². The topological polar surface area (TPSA) is 63.8 Å². The summed E-state index contributed by atoms with van der Waals surface area (Å²) in [6, 6.07) is 0. The van der Waals surface area contributed by atoms with E-state index in [2.05, 4.69) is 21.6 Å². The van der Waals surface area contributed by atoms with E-state index in [0.29, 0.717) is 0 Å². The van der Waals surface area contributed by atoms with Crippen LogP contribution in [0.25, 0.3) is 0 Å². The first-order chi connectivity index (χ1) is 7.36. The van der Waals surface area contributed by atoms with Gasteiger partial charge in [0.05, 0.1) is 0 Å². The Morgan fingerprint density at radius 2 is 2.20 bits per heavy atom. The monoisotopic (exact) mass is 228 g/mol. The Balaban J connectivity index is 2.14. The average molecular weight is 228 g/mol. The van der Waals surface area contributed by atoms with Crippen LogP contribution in [0.15, 0.2) is 0 Å². The van der Waals surface area contributed by atoms with Gasteiger partial charge in [-0.2, -0.15) is 4.37 Å². The molecular weight excluding hydrogens is 208 g/mol. The smallest absolute Gasteiger partial charge is 0.202 e. The molecule has 0 amide bonds. The quantitative estimate of drug-likeness (QED) is 0.668. The Hall–Kier alpha value is -0.680. The highest BCUT2D eigenvalue weighted by molar-refractivity contribution is 7.09. The minimum atomic E-state index is 0.791. The van der Waals surface area contributed by atoms with E-state index in [1.54, 1.807) is 0 Å². The zero-order chi connectivity index (χ0) is 10.9. The first-order valence-electron chi connectivity index (χ1n) is 5.63. The molecule has 0 unspecified atom stereocenters. The molecule has 1 aromatic rings. The molecule has 1 aromatic heterocycles. The fourth-order valence-corrected chi connectivity index (χ4v) is 1.93. The molecule has 15 heavy (non-hydrogen) atoms. The van der Waals surface area contributed by atoms with Gasteiger partial charge in [0.25, 0.3) is 0 Å². The number of hydrogen-bond donors (Lipinski definition) is 2. The number of aromatic nitrogens is 2. The van der Waals surface area contributed by atoms with Gasteiger partial charge in [-0.1, -0.05) is 13.3 Å². The second kappa shape index (κ2) is 7.59. The number of hydrogen-bond acceptors (Lipinski definition) is 5. The number of nitrogens with one attached hydrogen (secondary N) is 1. The van der Waals surface area contributed by atoms with Gasteiger partial charge in [0.2, 0.25) is 5.13 Å². The van der Waals surface area contributed by atoms with Gasteiger partial charge < -0.3 is 11.1 Å². The molecule has 0 fully saturated rings. The summed E-state index contributed by atoms with van der Waals surface area (Å²) < 4.78 is 4.27. The van der Waals surface area contributed by atoms with Crippen molar-refractivity contribution in [3.8, 4) is 0 Å². The van der Waals surface area contributed by atoms with Crippen molar-refractivity contribution in [3.05, 3.63) is 5.82 Å². The molecule has 0 aliphatic heterocycles. The number of aryl methyl sites for hydroxylation is 1. The Morgan fingerprint density at radius 1 is 1.33 bits per heavy atom. The highest BCUT2D eigenvalue weighted by Gasteiger charge is 2.01. The first kappa shape index (κ1) is 12.4. The highest BCUT2D eigenvalue weighted by Crippen LogP contribution is 2.12. The lowest BCUT2D eigenvalue weighted by Crippen LogP contribution is -2.03. The maximum absolute atomic E-state index is 5.42. The zero-order valence-electron chi connectivity index (χ0n) is 9.33. The summed E-state index contributed by atoms with van der Waals surface area (Å²) >= 11 is 1.46. The predicted octanol–water partition coefficient (Wildman–Crippen LogP) is 2.03. The standard InChI is InChI=1S/C10H20N4S/c1-2-6-9-13-10(15-14-9)12-8-5-3-4-7-11/h2-8,11H2,1H3,(H,12,13,14). The fourth-order valence-electron chi connectivity index (χ4n) is 1.29. The van der Waals surface area contributed by atoms with Crippen LogP contribution < -0.4 is 11.1 Å². The lowest BCUT2D eigenvalue weighted by atomic mass is 10.2. The Morgan fingerprint density at radius 3 is 2.93 bits per heavy atom. The normalized spacial score (nSPS) is 10.5. The second-order valence-corrected chi connectivity index (χ2v) is 4.29. The van der Waals surface area contributed by atoms with Crippen molar-refractivity contribution in [2.45, 2.75) is 39.0 Å². The lowest BCUT2D eigenvalue weighted by Gasteiger charge is -2.00. The van der Waals surface area contributed by atoms with Crippen LogP contribution in [0.5, 0.6) is 0 Å². The molecule has 0 radical (unpaired) electrons. The van der Waals surface area contributed by atoms with Gasteiger partial charge in [-0.05, 0) is 25.8 Å². The summed E-state index contributed by atoms with van der Waals surface area (Å²) in [6.45, 7) is 3.90. The molecule has 5 heteroatoms. The van der Waals surface area contributed by atoms with Crippen molar-refractivity contribution in [1.29, 1.82) is 0 Å². The van der Waals surface area contributed by atoms with Crippen molar-refractivity contribution >= 4 is 16.7 Å². The van der Waals surface area contributed by atoms with Crippen LogP contribution in [0.1, 0.15) is 38.4 Å². The Kier molecular flexibility index (Phi) is 6.27. The second-order valence-electron chi connectivity index (χ2n) is 3.54. The maximum atomic E-state index is 5.42. The van der Waals surface area contributed by atoms with Crippen LogP contribution in [0.3, 0.4) is 0 Å². The van der Waals surface area contributed by atoms with Crippen LogP contribution in [-0.2, 0) is 6.42 Å². The van der Waals surface area contributed by atoms with Gasteiger partial charge >= 0.3 is 0 Å². The van der Waals surface area contributed by atoms with Crippen LogP contribution in [0.4, 0.5) is 5.13 Å². The molecule has 0 bridgehead atoms. The van der Waals surface area contributed by atoms with Crippen molar-refractivity contribution < 1.29 is 0 Å². The van der Waals surface area contributed by atoms with Gasteiger partial charge in [-0.3, -0.25) is 0 Å². The summed E-state index contributed by atoms with van der Waals surface area (Å²) in [5.41, 5.74) is 5.42. The van der Waals surface area contributed by atoms with Crippen LogP contribution in [0.2, 0.25) is 0 Å². The minimum absolute atomic E-state index is 0.791. The summed E-state index contributed by atoms with van der Waals surface area (Å²) in [7, 11) is 0. The van der Waals surface area contributed by atoms with E-state index < -0.39 is 0 Å². The minimum Gasteiger partial charge on any atom is -0.360 e. The summed E-state index contributed by atoms with van der Waals surface area (Å²) in [6.07, 6.45) is 5.53. The molecule has 4 nitrogen and oxygen atoms in total. The van der Waals surface area contributed by atoms with E-state index in [1.165, 1.54) is 18.0 Å². The largest absolute Gasteiger partial charge is 0.360 e. The number of nitrogens with zero attached hydrogens (tertiary/aromatic N) is 2. The van der Waals surface area contributed by atoms with E-state index >= 15 is 0 Å². The number of unbranched alkanes of at least 4 members (excludes halogenated alkanes) is 2. The van der Waals surface area contributed by atoms with Gasteiger partial charge in [-0.25, -0.2) is 4.98 Å². The van der Waals surface area contributed by atoms with E-state index in [1.807, 2.05) is 0 Å². The maximum Gasteiger partial charge on any atom is 0.202 e. The third kappa shape index (κ3) is 5.09. The molecule has 1 rings (SSSR count). The van der Waals surface area contributed by atoms with Gasteiger partial charge in [0.1, 0.15) is 5.82 Å². The fraction of sp³-hybridized carbons (Fsp3) is 0.800. The van der Waals surface area contributed by atoms with E-state index in [9.17, 15) is 0 Å². The molecule has 0 spiro atoms. The molecule has 3 N–H and O–H groups in total. The molecule has 0 atom stereocenters. The third-order valence-corrected chi connectivity index (χ3v) is 2.81. The van der Waals surface area contributed by atoms with Crippen molar-refractivity contribution in [3.63, 3.8) is 0 Å². The van der Waals surface area contributed by atoms with Gasteiger partial charge in [0.15, 0.2) is 0 Å². The average Bonchev–Trinajstić information content (AvgIpc) is 2.66. The van der Waals surface area contributed by atoms with E-state index in [-0.39, 0.29) is 0 Å². The number of nitrogens with two attached hydrogens (primary N) is 1. The molecule has 0 aliphatic carbocycles. The molecule has 0 saturated carbocycles. The lowest BCUT2D eigenvalue weighted by molar-refractivity contribution is 0.707. The van der Waals surface area contributed by atoms with Crippen LogP contribution in [0, 0.1) is 0 Å². The van der Waals surface area contributed by atoms with Crippen LogP contribution in [-0.4, -0.2) is 22.4 Å². The molecule has 1 heterocycles. The van der Waals surface area contributed by atoms with Crippen molar-refractivity contribution in [1.82, 2.24) is 9.36 Å². The first-order valence-corrected chi connectivity index (χ1v) is 6.40. The molecule has 86 valence electrons. The van der Waals surface area contributed by atoms with Gasteiger partial charge in [0, 0.05) is 24.5 Å². The van der Waals surface area contributed by atoms with Crippen molar-refractivity contribution in [2.75, 3.05) is 18.4 Å². The molecule has 0 saturated heterocycles. The number of rotatable bonds is 8. The highest BCUT2D eigenvalue weighted by atomic mass is 32.1. The third-order valence-electron chi connectivity index (χ3n) is 2.10. The molecule has 0 aliphatic rings. The molecular formula is C10H20N4S. The van der Waals surface area contributed by atoms with E-state index in [0.717, 1.165) is 49.7 Å². The number of anilines is 1. The van der Waals surface area contributed by atoms with Gasteiger partial charge in [-0.15, -0.1) is 0 Å². The summed E-state index contributed by atoms with van der Waals surface area (Å²) in [5.74, 6) is 0.965. The Labute approximate surface area is 95.5 Å². The van der Waals surface area contributed by atoms with Crippen LogP contribution >= 0.6 is 11.5 Å². The van der Waals surface area contributed by atoms with Crippen molar-refractivity contribution in [2.24, 2.45) is 5.73 Å². The summed E-state index contributed by atoms with van der Waals surface area (Å²) in [4.78, 5) is 4.39. The molecule has 0 aromatic carbocycles. The SMILES string of the molecule is CCCc1nsc(NCCCCCN)n1. The zero-order valence-corrected chi connectivity index (χ0v) is 10.1. The predicted molar refractivity (Wildman–Crippen MR) is 65.3 cm³/mol.